The Morgan fingerprint density at radius 2 is 1.53 bits per heavy atom. The van der Waals surface area contributed by atoms with Crippen LogP contribution in [0.4, 0.5) is 5.69 Å². The lowest BCUT2D eigenvalue weighted by molar-refractivity contribution is -0.645. The predicted molar refractivity (Wildman–Crippen MR) is 131 cm³/mol. The molecule has 0 fully saturated rings. The Balaban J connectivity index is 1.58. The highest BCUT2D eigenvalue weighted by Gasteiger charge is 2.26. The van der Waals surface area contributed by atoms with Gasteiger partial charge in [-0.15, -0.1) is 0 Å². The van der Waals surface area contributed by atoms with Crippen molar-refractivity contribution < 1.29 is 14.3 Å². The van der Waals surface area contributed by atoms with E-state index in [0.717, 1.165) is 33.7 Å². The van der Waals surface area contributed by atoms with E-state index in [0.29, 0.717) is 5.56 Å². The minimum Gasteiger partial charge on any atom is -0.290 e. The number of rotatable bonds is 6. The number of fused-ring (bicyclic) bond motifs is 1. The van der Waals surface area contributed by atoms with Crippen molar-refractivity contribution in [1.82, 2.24) is 4.40 Å². The Bertz CT molecular complexity index is 1520. The molecule has 0 unspecified atom stereocenters. The second-order valence-corrected chi connectivity index (χ2v) is 8.12. The van der Waals surface area contributed by atoms with E-state index >= 15 is 0 Å². The van der Waals surface area contributed by atoms with Gasteiger partial charge in [0.25, 0.3) is 11.3 Å². The van der Waals surface area contributed by atoms with Gasteiger partial charge in [-0.05, 0) is 29.3 Å². The van der Waals surface area contributed by atoms with Crippen LogP contribution in [0.15, 0.2) is 103 Å². The first kappa shape index (κ1) is 21.3. The summed E-state index contributed by atoms with van der Waals surface area (Å²) in [6, 6.07) is 30.2. The lowest BCUT2D eigenvalue weighted by Crippen LogP contribution is -2.39. The van der Waals surface area contributed by atoms with Crippen molar-refractivity contribution in [3.63, 3.8) is 0 Å². The fourth-order valence-electron chi connectivity index (χ4n) is 4.37. The van der Waals surface area contributed by atoms with E-state index in [1.165, 1.54) is 12.1 Å². The number of nitrogens with zero attached hydrogens (tertiary/aromatic N) is 3. The van der Waals surface area contributed by atoms with E-state index in [4.69, 9.17) is 0 Å². The monoisotopic (exact) mass is 448 g/mol. The summed E-state index contributed by atoms with van der Waals surface area (Å²) < 4.78 is 4.04. The Labute approximate surface area is 196 Å². The number of carbonyl (C=O) groups excluding carboxylic acids is 1. The topological polar surface area (TPSA) is 68.5 Å². The van der Waals surface area contributed by atoms with Crippen LogP contribution in [0.1, 0.15) is 16.1 Å². The number of benzene rings is 3. The number of imidazole rings is 1. The molecule has 0 saturated carbocycles. The van der Waals surface area contributed by atoms with Gasteiger partial charge in [-0.3, -0.25) is 14.9 Å². The van der Waals surface area contributed by atoms with Crippen LogP contribution in [-0.4, -0.2) is 15.1 Å². The summed E-state index contributed by atoms with van der Waals surface area (Å²) in [4.78, 5) is 23.9. The standard InChI is InChI=1S/C28H22N3O3/c1-20-28(23-15-13-22(14-16-23)21-8-3-2-4-9-21)30(27-12-5-6-17-29(20)27)19-26(32)24-10-7-11-25(18-24)31(33)34/h2-18H,19H2,1H3/q+1. The first-order chi connectivity index (χ1) is 16.5. The van der Waals surface area contributed by atoms with E-state index in [1.807, 2.05) is 54.1 Å². The fraction of sp³-hybridized carbons (Fsp3) is 0.0714. The van der Waals surface area contributed by atoms with Crippen molar-refractivity contribution in [3.8, 4) is 22.4 Å². The van der Waals surface area contributed by atoms with Crippen molar-refractivity contribution in [1.29, 1.82) is 0 Å². The summed E-state index contributed by atoms with van der Waals surface area (Å²) in [6.07, 6.45) is 1.97. The molecule has 2 heterocycles. The SMILES string of the molecule is Cc1c(-c2ccc(-c3ccccc3)cc2)[n+](CC(=O)c2cccc([N+](=O)[O-])c2)c2ccccn12. The van der Waals surface area contributed by atoms with Crippen LogP contribution in [0.3, 0.4) is 0 Å². The van der Waals surface area contributed by atoms with Crippen LogP contribution in [0.25, 0.3) is 28.0 Å². The van der Waals surface area contributed by atoms with Crippen LogP contribution < -0.4 is 4.57 Å². The van der Waals surface area contributed by atoms with Gasteiger partial charge < -0.3 is 0 Å². The van der Waals surface area contributed by atoms with E-state index < -0.39 is 4.92 Å². The molecule has 34 heavy (non-hydrogen) atoms. The quantitative estimate of drug-likeness (QED) is 0.146. The van der Waals surface area contributed by atoms with E-state index in [9.17, 15) is 14.9 Å². The van der Waals surface area contributed by atoms with Gasteiger partial charge >= 0.3 is 0 Å². The molecule has 0 radical (unpaired) electrons. The maximum Gasteiger partial charge on any atom is 0.287 e. The molecule has 2 aromatic heterocycles. The van der Waals surface area contributed by atoms with E-state index in [-0.39, 0.29) is 18.0 Å². The number of aromatic nitrogens is 2. The van der Waals surface area contributed by atoms with Crippen molar-refractivity contribution in [2.24, 2.45) is 0 Å². The molecule has 3 aromatic carbocycles. The molecule has 0 amide bonds. The third kappa shape index (κ3) is 3.86. The highest BCUT2D eigenvalue weighted by molar-refractivity contribution is 5.95. The molecule has 6 heteroatoms. The second kappa shape index (κ2) is 8.75. The minimum atomic E-state index is -0.485. The van der Waals surface area contributed by atoms with Gasteiger partial charge in [-0.2, -0.15) is 4.40 Å². The third-order valence-corrected chi connectivity index (χ3v) is 6.04. The normalized spacial score (nSPS) is 11.0. The number of Topliss-reactive ketones (excluding diaryl/α,β-unsaturated/α-hetero) is 1. The number of hydrogen-bond acceptors (Lipinski definition) is 3. The van der Waals surface area contributed by atoms with E-state index in [2.05, 4.69) is 40.8 Å². The summed E-state index contributed by atoms with van der Waals surface area (Å²) in [5.74, 6) is -0.188. The highest BCUT2D eigenvalue weighted by Crippen LogP contribution is 2.26. The van der Waals surface area contributed by atoms with Crippen LogP contribution in [0.5, 0.6) is 0 Å². The molecule has 0 bridgehead atoms. The number of hydrogen-bond donors (Lipinski definition) is 0. The average Bonchev–Trinajstić information content (AvgIpc) is 3.16. The number of ketones is 1. The molecular weight excluding hydrogens is 426 g/mol. The first-order valence-corrected chi connectivity index (χ1v) is 11.0. The van der Waals surface area contributed by atoms with Gasteiger partial charge in [-0.1, -0.05) is 60.7 Å². The summed E-state index contributed by atoms with van der Waals surface area (Å²) in [5.41, 5.74) is 6.30. The number of nitro benzene ring substituents is 1. The molecule has 5 rings (SSSR count). The lowest BCUT2D eigenvalue weighted by Gasteiger charge is -2.06. The number of nitro groups is 1. The molecule has 0 atom stereocenters. The van der Waals surface area contributed by atoms with Gasteiger partial charge in [0.2, 0.25) is 5.78 Å². The van der Waals surface area contributed by atoms with Crippen molar-refractivity contribution in [3.05, 3.63) is 125 Å². The van der Waals surface area contributed by atoms with Crippen LogP contribution in [0, 0.1) is 17.0 Å². The largest absolute Gasteiger partial charge is 0.290 e. The van der Waals surface area contributed by atoms with Crippen molar-refractivity contribution >= 4 is 17.1 Å². The van der Waals surface area contributed by atoms with Crippen LogP contribution in [-0.2, 0) is 6.54 Å². The molecular formula is C28H22N3O3+. The maximum atomic E-state index is 13.2. The van der Waals surface area contributed by atoms with Crippen LogP contribution in [0.2, 0.25) is 0 Å². The van der Waals surface area contributed by atoms with Gasteiger partial charge in [0.1, 0.15) is 0 Å². The Hall–Kier alpha value is -4.58. The fourth-order valence-corrected chi connectivity index (χ4v) is 4.37. The smallest absolute Gasteiger partial charge is 0.287 e. The molecule has 6 nitrogen and oxygen atoms in total. The molecule has 0 saturated heterocycles. The summed E-state index contributed by atoms with van der Waals surface area (Å²) in [6.45, 7) is 2.10. The molecule has 166 valence electrons. The van der Waals surface area contributed by atoms with Gasteiger partial charge in [0, 0.05) is 36.2 Å². The third-order valence-electron chi connectivity index (χ3n) is 6.04. The molecule has 0 spiro atoms. The van der Waals surface area contributed by atoms with E-state index in [1.54, 1.807) is 12.1 Å². The maximum absolute atomic E-state index is 13.2. The number of carbonyl (C=O) groups is 1. The van der Waals surface area contributed by atoms with Crippen LogP contribution >= 0.6 is 0 Å². The Morgan fingerprint density at radius 3 is 2.26 bits per heavy atom. The lowest BCUT2D eigenvalue weighted by atomic mass is 10.0. The molecule has 0 aliphatic carbocycles. The Morgan fingerprint density at radius 1 is 0.853 bits per heavy atom. The summed E-state index contributed by atoms with van der Waals surface area (Å²) in [7, 11) is 0. The van der Waals surface area contributed by atoms with Gasteiger partial charge in [0.15, 0.2) is 17.9 Å². The minimum absolute atomic E-state index is 0.0677. The predicted octanol–water partition coefficient (Wildman–Crippen LogP) is 5.66. The molecule has 0 aliphatic rings. The first-order valence-electron chi connectivity index (χ1n) is 11.0. The molecule has 5 aromatic rings. The second-order valence-electron chi connectivity index (χ2n) is 8.12. The highest BCUT2D eigenvalue weighted by atomic mass is 16.6. The van der Waals surface area contributed by atoms with Crippen molar-refractivity contribution in [2.75, 3.05) is 0 Å². The van der Waals surface area contributed by atoms with Crippen molar-refractivity contribution in [2.45, 2.75) is 13.5 Å². The number of pyridine rings is 1. The Kier molecular flexibility index (Phi) is 5.47. The summed E-state index contributed by atoms with van der Waals surface area (Å²) in [5, 5.41) is 11.2. The number of aryl methyl sites for hydroxylation is 1. The molecule has 0 aliphatic heterocycles. The zero-order chi connectivity index (χ0) is 23.7. The average molecular weight is 449 g/mol. The number of non-ortho nitro benzene ring substituents is 1. The van der Waals surface area contributed by atoms with Gasteiger partial charge in [0.05, 0.1) is 11.1 Å². The zero-order valence-electron chi connectivity index (χ0n) is 18.6. The zero-order valence-corrected chi connectivity index (χ0v) is 18.6. The van der Waals surface area contributed by atoms with Gasteiger partial charge in [-0.25, -0.2) is 4.57 Å². The summed E-state index contributed by atoms with van der Waals surface area (Å²) >= 11 is 0. The molecule has 0 N–H and O–H groups in total.